The molecule has 3 aromatic heterocycles. The highest BCUT2D eigenvalue weighted by molar-refractivity contribution is 7.80. The molecule has 5 aromatic rings. The molecule has 13 nitrogen and oxygen atoms in total. The van der Waals surface area contributed by atoms with E-state index in [1.807, 2.05) is 67.0 Å². The van der Waals surface area contributed by atoms with E-state index in [9.17, 15) is 24.0 Å². The number of benzene rings is 2. The molecular formula is C42H52N8O5S. The fourth-order valence-electron chi connectivity index (χ4n) is 6.81. The smallest absolute Gasteiger partial charge is 0.242 e. The number of unbranched alkanes of at least 4 members (excludes halogenated alkanes) is 1. The molecule has 0 aliphatic carbocycles. The summed E-state index contributed by atoms with van der Waals surface area (Å²) in [6, 6.07) is 18.4. The van der Waals surface area contributed by atoms with Gasteiger partial charge in [0.2, 0.25) is 23.6 Å². The van der Waals surface area contributed by atoms with E-state index in [-0.39, 0.29) is 63.8 Å². The van der Waals surface area contributed by atoms with Crippen molar-refractivity contribution in [3.8, 4) is 0 Å². The van der Waals surface area contributed by atoms with Crippen LogP contribution in [-0.2, 0) is 43.4 Å². The van der Waals surface area contributed by atoms with Gasteiger partial charge in [0.25, 0.3) is 0 Å². The van der Waals surface area contributed by atoms with Crippen molar-refractivity contribution in [3.05, 3.63) is 102 Å². The van der Waals surface area contributed by atoms with E-state index in [0.29, 0.717) is 49.8 Å². The number of primary amides is 1. The van der Waals surface area contributed by atoms with Crippen molar-refractivity contribution in [3.63, 3.8) is 0 Å². The van der Waals surface area contributed by atoms with Crippen LogP contribution in [0.2, 0.25) is 0 Å². The van der Waals surface area contributed by atoms with Crippen LogP contribution in [0.15, 0.2) is 85.5 Å². The Morgan fingerprint density at radius 3 is 1.93 bits per heavy atom. The number of carbonyl (C=O) groups excluding carboxylic acids is 5. The van der Waals surface area contributed by atoms with E-state index >= 15 is 0 Å². The van der Waals surface area contributed by atoms with Crippen molar-refractivity contribution in [2.45, 2.75) is 64.0 Å². The van der Waals surface area contributed by atoms with Gasteiger partial charge in [-0.1, -0.05) is 48.9 Å². The van der Waals surface area contributed by atoms with Gasteiger partial charge in [-0.2, -0.15) is 12.6 Å². The Balaban J connectivity index is 1.36. The number of carbonyl (C=O) groups is 5. The number of amides is 4. The summed E-state index contributed by atoms with van der Waals surface area (Å²) >= 11 is 4.25. The van der Waals surface area contributed by atoms with E-state index in [1.165, 1.54) is 14.7 Å². The van der Waals surface area contributed by atoms with Gasteiger partial charge in [-0.25, -0.2) is 0 Å². The molecule has 5 rings (SSSR count). The van der Waals surface area contributed by atoms with Gasteiger partial charge in [0.1, 0.15) is 6.54 Å². The summed E-state index contributed by atoms with van der Waals surface area (Å²) < 4.78 is 0. The van der Waals surface area contributed by atoms with Crippen LogP contribution in [0.1, 0.15) is 55.2 Å². The average molecular weight is 781 g/mol. The van der Waals surface area contributed by atoms with Crippen molar-refractivity contribution in [1.29, 1.82) is 0 Å². The molecule has 0 aliphatic heterocycles. The third-order valence-electron chi connectivity index (χ3n) is 9.90. The van der Waals surface area contributed by atoms with Crippen LogP contribution in [-0.4, -0.2) is 104 Å². The van der Waals surface area contributed by atoms with Crippen LogP contribution in [0.4, 0.5) is 0 Å². The number of H-pyrrole nitrogens is 2. The molecule has 0 fully saturated rings. The monoisotopic (exact) mass is 780 g/mol. The van der Waals surface area contributed by atoms with Crippen LogP contribution in [0.25, 0.3) is 21.8 Å². The molecule has 0 radical (unpaired) electrons. The Labute approximate surface area is 332 Å². The molecule has 2 aromatic carbocycles. The third kappa shape index (κ3) is 12.0. The van der Waals surface area contributed by atoms with E-state index in [1.54, 1.807) is 18.5 Å². The quantitative estimate of drug-likeness (QED) is 0.0486. The van der Waals surface area contributed by atoms with Gasteiger partial charge < -0.3 is 36.1 Å². The Hall–Kier alpha value is -5.47. The molecule has 6 N–H and O–H groups in total. The van der Waals surface area contributed by atoms with Gasteiger partial charge in [-0.15, -0.1) is 0 Å². The highest BCUT2D eigenvalue weighted by Crippen LogP contribution is 2.20. The van der Waals surface area contributed by atoms with Crippen LogP contribution >= 0.6 is 12.6 Å². The fourth-order valence-corrected chi connectivity index (χ4v) is 6.97. The van der Waals surface area contributed by atoms with Gasteiger partial charge in [0.15, 0.2) is 5.78 Å². The zero-order valence-corrected chi connectivity index (χ0v) is 32.6. The average Bonchev–Trinajstić information content (AvgIpc) is 3.82. The molecule has 0 aliphatic rings. The third-order valence-corrected chi connectivity index (χ3v) is 10.2. The minimum absolute atomic E-state index is 0.0615. The van der Waals surface area contributed by atoms with E-state index in [4.69, 9.17) is 11.5 Å². The number of nitrogens with one attached hydrogen (secondary N) is 2. The molecule has 0 spiro atoms. The summed E-state index contributed by atoms with van der Waals surface area (Å²) in [6.07, 6.45) is 10.4. The van der Waals surface area contributed by atoms with Gasteiger partial charge >= 0.3 is 0 Å². The van der Waals surface area contributed by atoms with Gasteiger partial charge in [-0.3, -0.25) is 29.0 Å². The fraction of sp³-hybridized carbons (Fsp3) is 0.381. The van der Waals surface area contributed by atoms with Crippen LogP contribution in [0.5, 0.6) is 0 Å². The normalized spacial score (nSPS) is 11.8. The number of Topliss-reactive ketones (excluding diaryl/α,β-unsaturated/α-hetero) is 1. The summed E-state index contributed by atoms with van der Waals surface area (Å²) in [5.41, 5.74) is 16.3. The molecule has 0 saturated carbocycles. The maximum absolute atomic E-state index is 14.4. The minimum atomic E-state index is -0.907. The standard InChI is InChI=1S/C42H52N8O5S/c43-36(13-3-6-16-39(44)52)42(55)49(21-18-32-25-47-38-15-5-2-12-35(32)38)28-41(54)50(26-30-9-7-19-45-23-30)29-40(53)48(27-33(51)10-8-22-56)20-17-31-24-46-37-14-4-1-11-34(31)37/h1-2,4-5,7,9,11-12,14-15,19,23-25,36,46-47,56H,3,6,8,10,13,16-18,20-22,26-29,43H2,(H2,44,52). The first-order valence-corrected chi connectivity index (χ1v) is 19.8. The van der Waals surface area contributed by atoms with Gasteiger partial charge in [-0.05, 0) is 72.7 Å². The predicted molar refractivity (Wildman–Crippen MR) is 221 cm³/mol. The number of aromatic amines is 2. The zero-order valence-electron chi connectivity index (χ0n) is 31.7. The summed E-state index contributed by atoms with van der Waals surface area (Å²) in [5, 5.41) is 2.06. The Kier molecular flexibility index (Phi) is 15.6. The lowest BCUT2D eigenvalue weighted by molar-refractivity contribution is -0.145. The molecule has 1 atom stereocenters. The number of thiol groups is 1. The molecular weight excluding hydrogens is 729 g/mol. The second-order valence-corrected chi connectivity index (χ2v) is 14.5. The minimum Gasteiger partial charge on any atom is -0.370 e. The number of hydrogen-bond donors (Lipinski definition) is 5. The zero-order chi connectivity index (χ0) is 39.9. The number of ketones is 1. The number of fused-ring (bicyclic) bond motifs is 2. The van der Waals surface area contributed by atoms with Crippen molar-refractivity contribution < 1.29 is 24.0 Å². The second kappa shape index (κ2) is 21.0. The predicted octanol–water partition coefficient (Wildman–Crippen LogP) is 4.17. The first kappa shape index (κ1) is 41.7. The maximum atomic E-state index is 14.4. The highest BCUT2D eigenvalue weighted by Gasteiger charge is 2.28. The Morgan fingerprint density at radius 2 is 1.32 bits per heavy atom. The largest absolute Gasteiger partial charge is 0.370 e. The molecule has 296 valence electrons. The van der Waals surface area contributed by atoms with Crippen molar-refractivity contribution in [1.82, 2.24) is 29.7 Å². The van der Waals surface area contributed by atoms with Crippen LogP contribution < -0.4 is 11.5 Å². The molecule has 14 heteroatoms. The SMILES string of the molecule is NC(=O)CCCCC(N)C(=O)N(CCc1c[nH]c2ccccc12)CC(=O)N(CC(=O)N(CCc1c[nH]c2ccccc12)CC(=O)CCCS)Cc1cccnc1. The van der Waals surface area contributed by atoms with Crippen molar-refractivity contribution in [2.24, 2.45) is 11.5 Å². The van der Waals surface area contributed by atoms with Gasteiger partial charge in [0, 0.05) is 79.1 Å². The summed E-state index contributed by atoms with van der Waals surface area (Å²) in [5.74, 6) is -1.19. The number of nitrogens with two attached hydrogens (primary N) is 2. The highest BCUT2D eigenvalue weighted by atomic mass is 32.1. The molecule has 0 bridgehead atoms. The molecule has 0 saturated heterocycles. The lowest BCUT2D eigenvalue weighted by atomic mass is 10.1. The van der Waals surface area contributed by atoms with Crippen molar-refractivity contribution >= 4 is 63.8 Å². The Morgan fingerprint density at radius 1 is 0.714 bits per heavy atom. The molecule has 56 heavy (non-hydrogen) atoms. The lowest BCUT2D eigenvalue weighted by Gasteiger charge is -2.31. The number of aromatic nitrogens is 3. The summed E-state index contributed by atoms with van der Waals surface area (Å²) in [6.45, 7) is -0.199. The lowest BCUT2D eigenvalue weighted by Crippen LogP contribution is -2.51. The molecule has 1 unspecified atom stereocenters. The first-order valence-electron chi connectivity index (χ1n) is 19.1. The maximum Gasteiger partial charge on any atom is 0.242 e. The first-order chi connectivity index (χ1) is 27.1. The van der Waals surface area contributed by atoms with Crippen LogP contribution in [0, 0.1) is 0 Å². The van der Waals surface area contributed by atoms with E-state index in [0.717, 1.165) is 32.9 Å². The molecule has 3 heterocycles. The number of rotatable bonds is 23. The van der Waals surface area contributed by atoms with Gasteiger partial charge in [0.05, 0.1) is 19.1 Å². The van der Waals surface area contributed by atoms with Crippen molar-refractivity contribution in [2.75, 3.05) is 38.5 Å². The number of para-hydroxylation sites is 2. The van der Waals surface area contributed by atoms with E-state index < -0.39 is 23.8 Å². The topological polar surface area (TPSA) is 192 Å². The number of hydrogen-bond acceptors (Lipinski definition) is 8. The molecule has 4 amide bonds. The summed E-state index contributed by atoms with van der Waals surface area (Å²) in [4.78, 5) is 82.0. The Bertz CT molecular complexity index is 2080. The number of nitrogens with zero attached hydrogens (tertiary/aromatic N) is 4. The van der Waals surface area contributed by atoms with Crippen LogP contribution in [0.3, 0.4) is 0 Å². The second-order valence-electron chi connectivity index (χ2n) is 14.1. The summed E-state index contributed by atoms with van der Waals surface area (Å²) in [7, 11) is 0. The number of pyridine rings is 1. The van der Waals surface area contributed by atoms with E-state index in [2.05, 4.69) is 27.6 Å².